The van der Waals surface area contributed by atoms with E-state index in [4.69, 9.17) is 5.11 Å². The summed E-state index contributed by atoms with van der Waals surface area (Å²) in [6.07, 6.45) is 4.93. The van der Waals surface area contributed by atoms with E-state index in [0.29, 0.717) is 31.3 Å². The van der Waals surface area contributed by atoms with Gasteiger partial charge in [0.1, 0.15) is 0 Å². The van der Waals surface area contributed by atoms with Crippen molar-refractivity contribution in [2.75, 3.05) is 31.6 Å². The van der Waals surface area contributed by atoms with Crippen molar-refractivity contribution in [3.63, 3.8) is 0 Å². The first kappa shape index (κ1) is 17.1. The average molecular weight is 302 g/mol. The van der Waals surface area contributed by atoms with Crippen LogP contribution in [-0.2, 0) is 4.79 Å². The molecule has 1 fully saturated rings. The van der Waals surface area contributed by atoms with E-state index in [1.807, 2.05) is 4.90 Å². The Morgan fingerprint density at radius 1 is 1.50 bits per heavy atom. The van der Waals surface area contributed by atoms with Gasteiger partial charge in [0, 0.05) is 26.1 Å². The molecule has 0 aromatic rings. The van der Waals surface area contributed by atoms with Gasteiger partial charge in [0.25, 0.3) is 0 Å². The van der Waals surface area contributed by atoms with Crippen LogP contribution in [0.15, 0.2) is 0 Å². The molecule has 1 aliphatic rings. The number of rotatable bonds is 7. The van der Waals surface area contributed by atoms with Gasteiger partial charge < -0.3 is 15.3 Å². The number of amides is 2. The van der Waals surface area contributed by atoms with E-state index in [9.17, 15) is 9.59 Å². The Bertz CT molecular complexity index is 326. The van der Waals surface area contributed by atoms with Gasteiger partial charge >= 0.3 is 12.0 Å². The number of carboxylic acids is 1. The number of nitrogens with zero attached hydrogens (tertiary/aromatic N) is 1. The van der Waals surface area contributed by atoms with Crippen molar-refractivity contribution in [3.8, 4) is 0 Å². The number of urea groups is 1. The Balaban J connectivity index is 2.30. The van der Waals surface area contributed by atoms with Gasteiger partial charge in [-0.05, 0) is 43.1 Å². The summed E-state index contributed by atoms with van der Waals surface area (Å²) in [5.41, 5.74) is 0. The molecular formula is C14H26N2O3S. The largest absolute Gasteiger partial charge is 0.481 e. The van der Waals surface area contributed by atoms with Crippen LogP contribution in [0.25, 0.3) is 0 Å². The highest BCUT2D eigenvalue weighted by atomic mass is 32.2. The van der Waals surface area contributed by atoms with E-state index in [2.05, 4.69) is 18.5 Å². The molecule has 0 aliphatic carbocycles. The lowest BCUT2D eigenvalue weighted by Gasteiger charge is -2.33. The molecule has 2 amide bonds. The fourth-order valence-electron chi connectivity index (χ4n) is 2.53. The first-order valence-corrected chi connectivity index (χ1v) is 8.65. The second-order valence-corrected chi connectivity index (χ2v) is 6.54. The fraction of sp³-hybridized carbons (Fsp3) is 0.857. The van der Waals surface area contributed by atoms with Gasteiger partial charge in [-0.2, -0.15) is 11.8 Å². The molecule has 0 aromatic heterocycles. The van der Waals surface area contributed by atoms with Crippen LogP contribution in [0.3, 0.4) is 0 Å². The summed E-state index contributed by atoms with van der Waals surface area (Å²) < 4.78 is 0. The molecule has 0 saturated carbocycles. The zero-order chi connectivity index (χ0) is 15.0. The van der Waals surface area contributed by atoms with Gasteiger partial charge in [-0.15, -0.1) is 0 Å². The Kier molecular flexibility index (Phi) is 7.80. The van der Waals surface area contributed by atoms with Gasteiger partial charge in [0.05, 0.1) is 0 Å². The van der Waals surface area contributed by atoms with Crippen molar-refractivity contribution < 1.29 is 14.7 Å². The summed E-state index contributed by atoms with van der Waals surface area (Å²) in [6, 6.07) is -0.00187. The summed E-state index contributed by atoms with van der Waals surface area (Å²) in [4.78, 5) is 24.5. The van der Waals surface area contributed by atoms with E-state index in [-0.39, 0.29) is 12.5 Å². The molecule has 1 rings (SSSR count). The number of likely N-dealkylation sites (tertiary alicyclic amines) is 1. The normalized spacial score (nSPS) is 20.5. The first-order valence-electron chi connectivity index (χ1n) is 7.26. The minimum atomic E-state index is -0.752. The van der Waals surface area contributed by atoms with Crippen LogP contribution in [0.1, 0.15) is 32.6 Å². The van der Waals surface area contributed by atoms with E-state index in [0.717, 1.165) is 25.1 Å². The molecule has 1 aliphatic heterocycles. The summed E-state index contributed by atoms with van der Waals surface area (Å²) in [6.45, 7) is 4.31. The highest BCUT2D eigenvalue weighted by molar-refractivity contribution is 7.98. The lowest BCUT2D eigenvalue weighted by molar-refractivity contribution is -0.137. The van der Waals surface area contributed by atoms with Crippen LogP contribution in [0, 0.1) is 11.8 Å². The Morgan fingerprint density at radius 3 is 2.90 bits per heavy atom. The minimum absolute atomic E-state index is 0.00187. The number of nitrogens with one attached hydrogen (secondary N) is 1. The number of hydrogen-bond acceptors (Lipinski definition) is 3. The molecule has 0 aromatic carbocycles. The van der Waals surface area contributed by atoms with E-state index in [1.54, 1.807) is 11.8 Å². The molecule has 20 heavy (non-hydrogen) atoms. The molecule has 2 N–H and O–H groups in total. The molecule has 6 heteroatoms. The van der Waals surface area contributed by atoms with Crippen LogP contribution in [0.2, 0.25) is 0 Å². The Morgan fingerprint density at radius 2 is 2.25 bits per heavy atom. The molecule has 1 heterocycles. The quantitative estimate of drug-likeness (QED) is 0.757. The molecule has 1 saturated heterocycles. The number of carboxylic acid groups (broad SMARTS) is 1. The predicted octanol–water partition coefficient (Wildman–Crippen LogP) is 2.27. The molecule has 2 atom stereocenters. The number of thioether (sulfide) groups is 1. The van der Waals surface area contributed by atoms with Crippen molar-refractivity contribution >= 4 is 23.8 Å². The van der Waals surface area contributed by atoms with Crippen molar-refractivity contribution in [2.24, 2.45) is 11.8 Å². The van der Waals surface area contributed by atoms with Gasteiger partial charge in [0.2, 0.25) is 0 Å². The molecular weight excluding hydrogens is 276 g/mol. The Hall–Kier alpha value is -0.910. The average Bonchev–Trinajstić information content (AvgIpc) is 2.43. The SMILES string of the molecule is CSCC(C)CNC(=O)N1CCCC(CCC(=O)O)C1. The third-order valence-electron chi connectivity index (χ3n) is 3.63. The van der Waals surface area contributed by atoms with Gasteiger partial charge in [-0.25, -0.2) is 4.79 Å². The van der Waals surface area contributed by atoms with Crippen molar-refractivity contribution in [1.82, 2.24) is 10.2 Å². The molecule has 5 nitrogen and oxygen atoms in total. The molecule has 0 spiro atoms. The van der Waals surface area contributed by atoms with E-state index in [1.165, 1.54) is 0 Å². The fourth-order valence-corrected chi connectivity index (χ4v) is 3.22. The molecule has 2 unspecified atom stereocenters. The minimum Gasteiger partial charge on any atom is -0.481 e. The second kappa shape index (κ2) is 9.10. The number of piperidine rings is 1. The summed E-state index contributed by atoms with van der Waals surface area (Å²) >= 11 is 1.79. The summed E-state index contributed by atoms with van der Waals surface area (Å²) in [5.74, 6) is 1.09. The maximum absolute atomic E-state index is 12.1. The highest BCUT2D eigenvalue weighted by Crippen LogP contribution is 2.21. The van der Waals surface area contributed by atoms with Crippen molar-refractivity contribution in [1.29, 1.82) is 0 Å². The lowest BCUT2D eigenvalue weighted by Crippen LogP contribution is -2.46. The van der Waals surface area contributed by atoms with Crippen LogP contribution in [0.4, 0.5) is 4.79 Å². The van der Waals surface area contributed by atoms with E-state index < -0.39 is 5.97 Å². The molecule has 0 bridgehead atoms. The molecule has 116 valence electrons. The second-order valence-electron chi connectivity index (χ2n) is 5.63. The maximum atomic E-state index is 12.1. The summed E-state index contributed by atoms with van der Waals surface area (Å²) in [7, 11) is 0. The first-order chi connectivity index (χ1) is 9.52. The third-order valence-corrected chi connectivity index (χ3v) is 4.53. The van der Waals surface area contributed by atoms with Gasteiger partial charge in [0.15, 0.2) is 0 Å². The number of aliphatic carboxylic acids is 1. The van der Waals surface area contributed by atoms with Crippen LogP contribution in [0.5, 0.6) is 0 Å². The smallest absolute Gasteiger partial charge is 0.317 e. The number of carbonyl (C=O) groups excluding carboxylic acids is 1. The lowest BCUT2D eigenvalue weighted by atomic mass is 9.93. The monoisotopic (exact) mass is 302 g/mol. The number of carbonyl (C=O) groups is 2. The van der Waals surface area contributed by atoms with E-state index >= 15 is 0 Å². The zero-order valence-electron chi connectivity index (χ0n) is 12.4. The van der Waals surface area contributed by atoms with Crippen LogP contribution < -0.4 is 5.32 Å². The van der Waals surface area contributed by atoms with Crippen molar-refractivity contribution in [2.45, 2.75) is 32.6 Å². The van der Waals surface area contributed by atoms with Crippen LogP contribution in [-0.4, -0.2) is 53.6 Å². The standard InChI is InChI=1S/C14H26N2O3S/c1-11(10-20-2)8-15-14(19)16-7-3-4-12(9-16)5-6-13(17)18/h11-12H,3-10H2,1-2H3,(H,15,19)(H,17,18). The topological polar surface area (TPSA) is 69.6 Å². The maximum Gasteiger partial charge on any atom is 0.317 e. The highest BCUT2D eigenvalue weighted by Gasteiger charge is 2.24. The predicted molar refractivity (Wildman–Crippen MR) is 82.1 cm³/mol. The number of hydrogen-bond donors (Lipinski definition) is 2. The third kappa shape index (κ3) is 6.50. The van der Waals surface area contributed by atoms with Gasteiger partial charge in [-0.1, -0.05) is 6.92 Å². The summed E-state index contributed by atoms with van der Waals surface area (Å²) in [5, 5.41) is 11.7. The molecule has 0 radical (unpaired) electrons. The van der Waals surface area contributed by atoms with Crippen LogP contribution >= 0.6 is 11.8 Å². The van der Waals surface area contributed by atoms with Gasteiger partial charge in [-0.3, -0.25) is 4.79 Å². The van der Waals surface area contributed by atoms with Crippen molar-refractivity contribution in [3.05, 3.63) is 0 Å². The zero-order valence-corrected chi connectivity index (χ0v) is 13.2. The Labute approximate surface area is 125 Å².